The van der Waals surface area contributed by atoms with Gasteiger partial charge in [-0.2, -0.15) is 5.10 Å². The highest BCUT2D eigenvalue weighted by atomic mass is 16.4. The first-order valence-electron chi connectivity index (χ1n) is 5.08. The standard InChI is InChI=1S/C10H15N3O2/c1-7-8(10(14)15)4-6-13(7)9-3-5-11-12(9)2/h3,5,7-8H,4,6H2,1-2H3,(H,14,15)/t7-,8+/m1/s1. The molecule has 5 heteroatoms. The van der Waals surface area contributed by atoms with Crippen LogP contribution in [0.2, 0.25) is 0 Å². The molecular formula is C10H15N3O2. The molecule has 2 heterocycles. The SMILES string of the molecule is C[C@@H]1[C@@H](C(=O)O)CCN1c1ccnn1C. The summed E-state index contributed by atoms with van der Waals surface area (Å²) in [4.78, 5) is 13.1. The number of carbonyl (C=O) groups is 1. The number of aryl methyl sites for hydroxylation is 1. The third-order valence-electron chi connectivity index (χ3n) is 3.16. The van der Waals surface area contributed by atoms with Crippen molar-refractivity contribution < 1.29 is 9.90 Å². The largest absolute Gasteiger partial charge is 0.481 e. The van der Waals surface area contributed by atoms with Crippen LogP contribution in [0.3, 0.4) is 0 Å². The van der Waals surface area contributed by atoms with Crippen LogP contribution in [0.1, 0.15) is 13.3 Å². The average Bonchev–Trinajstić information content (AvgIpc) is 2.71. The molecule has 5 nitrogen and oxygen atoms in total. The Balaban J connectivity index is 2.21. The fourth-order valence-corrected chi connectivity index (χ4v) is 2.24. The molecule has 0 amide bonds. The lowest BCUT2D eigenvalue weighted by molar-refractivity contribution is -0.141. The molecule has 1 aliphatic heterocycles. The molecular weight excluding hydrogens is 194 g/mol. The minimum absolute atomic E-state index is 0.0397. The van der Waals surface area contributed by atoms with E-state index in [1.54, 1.807) is 10.9 Å². The second-order valence-electron chi connectivity index (χ2n) is 3.98. The van der Waals surface area contributed by atoms with Crippen LogP contribution in [0.25, 0.3) is 0 Å². The Morgan fingerprint density at radius 2 is 2.40 bits per heavy atom. The molecule has 0 aromatic carbocycles. The number of anilines is 1. The zero-order valence-electron chi connectivity index (χ0n) is 8.92. The van der Waals surface area contributed by atoms with Crippen molar-refractivity contribution in [1.82, 2.24) is 9.78 Å². The highest BCUT2D eigenvalue weighted by Crippen LogP contribution is 2.29. The van der Waals surface area contributed by atoms with Gasteiger partial charge in [-0.05, 0) is 13.3 Å². The van der Waals surface area contributed by atoms with Crippen LogP contribution >= 0.6 is 0 Å². The Bertz CT molecular complexity index is 374. The predicted molar refractivity (Wildman–Crippen MR) is 55.8 cm³/mol. The molecule has 1 aromatic rings. The summed E-state index contributed by atoms with van der Waals surface area (Å²) in [5.74, 6) is 0.0262. The maximum absolute atomic E-state index is 11.0. The van der Waals surface area contributed by atoms with E-state index >= 15 is 0 Å². The molecule has 0 unspecified atom stereocenters. The van der Waals surface area contributed by atoms with E-state index in [2.05, 4.69) is 10.00 Å². The minimum Gasteiger partial charge on any atom is -0.481 e. The van der Waals surface area contributed by atoms with E-state index in [-0.39, 0.29) is 12.0 Å². The average molecular weight is 209 g/mol. The van der Waals surface area contributed by atoms with Gasteiger partial charge in [0.25, 0.3) is 0 Å². The summed E-state index contributed by atoms with van der Waals surface area (Å²) in [6.45, 7) is 2.75. The van der Waals surface area contributed by atoms with Gasteiger partial charge in [0, 0.05) is 25.7 Å². The summed E-state index contributed by atoms with van der Waals surface area (Å²) in [5.41, 5.74) is 0. The highest BCUT2D eigenvalue weighted by molar-refractivity contribution is 5.72. The molecule has 0 radical (unpaired) electrons. The lowest BCUT2D eigenvalue weighted by Crippen LogP contribution is -2.34. The van der Waals surface area contributed by atoms with Gasteiger partial charge < -0.3 is 10.0 Å². The van der Waals surface area contributed by atoms with E-state index in [4.69, 9.17) is 5.11 Å². The van der Waals surface area contributed by atoms with Crippen molar-refractivity contribution in [3.8, 4) is 0 Å². The van der Waals surface area contributed by atoms with Crippen LogP contribution in [0.4, 0.5) is 5.82 Å². The van der Waals surface area contributed by atoms with Crippen molar-refractivity contribution in [2.75, 3.05) is 11.4 Å². The van der Waals surface area contributed by atoms with Crippen LogP contribution in [0, 0.1) is 5.92 Å². The predicted octanol–water partition coefficient (Wildman–Crippen LogP) is 0.719. The molecule has 2 rings (SSSR count). The Hall–Kier alpha value is -1.52. The monoisotopic (exact) mass is 209 g/mol. The van der Waals surface area contributed by atoms with Crippen molar-refractivity contribution in [2.24, 2.45) is 13.0 Å². The van der Waals surface area contributed by atoms with E-state index in [9.17, 15) is 4.79 Å². The first-order chi connectivity index (χ1) is 7.11. The molecule has 0 saturated carbocycles. The van der Waals surface area contributed by atoms with E-state index in [0.717, 1.165) is 12.4 Å². The lowest BCUT2D eigenvalue weighted by Gasteiger charge is -2.24. The van der Waals surface area contributed by atoms with Gasteiger partial charge in [-0.25, -0.2) is 0 Å². The Morgan fingerprint density at radius 1 is 1.67 bits per heavy atom. The number of rotatable bonds is 2. The van der Waals surface area contributed by atoms with Crippen molar-refractivity contribution in [3.05, 3.63) is 12.3 Å². The number of carboxylic acid groups (broad SMARTS) is 1. The number of nitrogens with zero attached hydrogens (tertiary/aromatic N) is 3. The molecule has 15 heavy (non-hydrogen) atoms. The molecule has 1 fully saturated rings. The van der Waals surface area contributed by atoms with Crippen molar-refractivity contribution in [1.29, 1.82) is 0 Å². The molecule has 1 aromatic heterocycles. The summed E-state index contributed by atoms with van der Waals surface area (Å²) in [6, 6.07) is 1.96. The van der Waals surface area contributed by atoms with Gasteiger partial charge in [-0.3, -0.25) is 9.48 Å². The Kier molecular flexibility index (Phi) is 2.38. The maximum Gasteiger partial charge on any atom is 0.308 e. The van der Waals surface area contributed by atoms with Gasteiger partial charge in [0.1, 0.15) is 5.82 Å². The smallest absolute Gasteiger partial charge is 0.308 e. The summed E-state index contributed by atoms with van der Waals surface area (Å²) >= 11 is 0. The highest BCUT2D eigenvalue weighted by Gasteiger charge is 2.36. The summed E-state index contributed by atoms with van der Waals surface area (Å²) in [6.07, 6.45) is 2.44. The van der Waals surface area contributed by atoms with E-state index in [1.807, 2.05) is 20.0 Å². The number of hydrogen-bond donors (Lipinski definition) is 1. The van der Waals surface area contributed by atoms with Gasteiger partial charge in [0.15, 0.2) is 0 Å². The molecule has 1 aliphatic rings. The first-order valence-corrected chi connectivity index (χ1v) is 5.08. The summed E-state index contributed by atoms with van der Waals surface area (Å²) < 4.78 is 1.78. The van der Waals surface area contributed by atoms with Crippen molar-refractivity contribution in [3.63, 3.8) is 0 Å². The van der Waals surface area contributed by atoms with Crippen LogP contribution in [-0.2, 0) is 11.8 Å². The second-order valence-corrected chi connectivity index (χ2v) is 3.98. The van der Waals surface area contributed by atoms with E-state index in [1.165, 1.54) is 0 Å². The third kappa shape index (κ3) is 1.58. The van der Waals surface area contributed by atoms with Crippen LogP contribution < -0.4 is 4.90 Å². The van der Waals surface area contributed by atoms with Crippen LogP contribution in [0.5, 0.6) is 0 Å². The number of carboxylic acids is 1. The topological polar surface area (TPSA) is 58.4 Å². The van der Waals surface area contributed by atoms with Crippen molar-refractivity contribution in [2.45, 2.75) is 19.4 Å². The van der Waals surface area contributed by atoms with Crippen molar-refractivity contribution >= 4 is 11.8 Å². The maximum atomic E-state index is 11.0. The first kappa shape index (κ1) is 10.0. The second kappa shape index (κ2) is 3.56. The summed E-state index contributed by atoms with van der Waals surface area (Å²) in [5, 5.41) is 13.1. The Labute approximate surface area is 88.3 Å². The summed E-state index contributed by atoms with van der Waals surface area (Å²) in [7, 11) is 1.87. The molecule has 2 atom stereocenters. The number of aromatic nitrogens is 2. The quantitative estimate of drug-likeness (QED) is 0.779. The minimum atomic E-state index is -0.702. The van der Waals surface area contributed by atoms with Gasteiger partial charge in [0.2, 0.25) is 0 Å². The fraction of sp³-hybridized carbons (Fsp3) is 0.600. The van der Waals surface area contributed by atoms with E-state index < -0.39 is 5.97 Å². The molecule has 0 bridgehead atoms. The zero-order chi connectivity index (χ0) is 11.0. The van der Waals surface area contributed by atoms with E-state index in [0.29, 0.717) is 6.42 Å². The zero-order valence-corrected chi connectivity index (χ0v) is 8.92. The third-order valence-corrected chi connectivity index (χ3v) is 3.16. The molecule has 1 saturated heterocycles. The number of aliphatic carboxylic acids is 1. The van der Waals surface area contributed by atoms with Crippen LogP contribution in [0.15, 0.2) is 12.3 Å². The van der Waals surface area contributed by atoms with Crippen LogP contribution in [-0.4, -0.2) is 33.4 Å². The van der Waals surface area contributed by atoms with Gasteiger partial charge in [-0.15, -0.1) is 0 Å². The molecule has 1 N–H and O–H groups in total. The number of hydrogen-bond acceptors (Lipinski definition) is 3. The van der Waals surface area contributed by atoms with Gasteiger partial charge in [0.05, 0.1) is 12.1 Å². The molecule has 0 spiro atoms. The Morgan fingerprint density at radius 3 is 2.87 bits per heavy atom. The van der Waals surface area contributed by atoms with Gasteiger partial charge >= 0.3 is 5.97 Å². The lowest BCUT2D eigenvalue weighted by atomic mass is 10.0. The normalized spacial score (nSPS) is 25.9. The fourth-order valence-electron chi connectivity index (χ4n) is 2.24. The van der Waals surface area contributed by atoms with Gasteiger partial charge in [-0.1, -0.05) is 0 Å². The molecule has 0 aliphatic carbocycles. The molecule has 82 valence electrons.